The molecule has 0 aliphatic rings. The summed E-state index contributed by atoms with van der Waals surface area (Å²) in [7, 11) is 0. The van der Waals surface area contributed by atoms with Gasteiger partial charge in [0.1, 0.15) is 0 Å². The highest BCUT2D eigenvalue weighted by Gasteiger charge is 2.09. The van der Waals surface area contributed by atoms with E-state index in [1.54, 1.807) is 23.1 Å². The van der Waals surface area contributed by atoms with Gasteiger partial charge in [-0.25, -0.2) is 0 Å². The third-order valence-electron chi connectivity index (χ3n) is 2.09. The van der Waals surface area contributed by atoms with E-state index in [0.717, 1.165) is 5.33 Å². The van der Waals surface area contributed by atoms with Crippen LogP contribution in [0.25, 0.3) is 10.1 Å². The van der Waals surface area contributed by atoms with Crippen LogP contribution in [-0.2, 0) is 5.33 Å². The van der Waals surface area contributed by atoms with Gasteiger partial charge >= 0.3 is 0 Å². The molecule has 0 nitrogen and oxygen atoms in total. The Balaban J connectivity index is 2.81. The van der Waals surface area contributed by atoms with Crippen LogP contribution in [0.2, 0.25) is 0 Å². The lowest BCUT2D eigenvalue weighted by Gasteiger charge is -2.03. The number of hydrogen-bond donors (Lipinski definition) is 0. The first-order chi connectivity index (χ1) is 6.77. The summed E-state index contributed by atoms with van der Waals surface area (Å²) in [6.07, 6.45) is 2.12. The fraction of sp³-hybridized carbons (Fsp3) is 0.200. The number of rotatable bonds is 2. The molecule has 0 amide bonds. The fourth-order valence-corrected chi connectivity index (χ4v) is 4.52. The maximum Gasteiger partial charge on any atom is 0.0493 e. The van der Waals surface area contributed by atoms with E-state index in [1.165, 1.54) is 25.0 Å². The summed E-state index contributed by atoms with van der Waals surface area (Å²) in [4.78, 5) is 1.36. The van der Waals surface area contributed by atoms with Gasteiger partial charge in [0.05, 0.1) is 0 Å². The molecule has 0 radical (unpaired) electrons. The molecular formula is C10H8Br2S2. The molecule has 4 heteroatoms. The van der Waals surface area contributed by atoms with Crippen molar-refractivity contribution in [3.05, 3.63) is 27.5 Å². The van der Waals surface area contributed by atoms with Crippen molar-refractivity contribution in [1.29, 1.82) is 0 Å². The van der Waals surface area contributed by atoms with Gasteiger partial charge in [-0.15, -0.1) is 23.1 Å². The highest BCUT2D eigenvalue weighted by Crippen LogP contribution is 2.39. The van der Waals surface area contributed by atoms with E-state index < -0.39 is 0 Å². The monoisotopic (exact) mass is 350 g/mol. The molecule has 1 aromatic heterocycles. The maximum absolute atomic E-state index is 3.60. The topological polar surface area (TPSA) is 0 Å². The summed E-state index contributed by atoms with van der Waals surface area (Å²) in [5.74, 6) is 0. The average molecular weight is 352 g/mol. The molecule has 1 aromatic carbocycles. The molecule has 0 fully saturated rings. The van der Waals surface area contributed by atoms with Crippen LogP contribution < -0.4 is 0 Å². The largest absolute Gasteiger partial charge is 0.141 e. The molecular weight excluding hydrogens is 344 g/mol. The quantitative estimate of drug-likeness (QED) is 0.523. The summed E-state index contributed by atoms with van der Waals surface area (Å²) in [6.45, 7) is 0. The van der Waals surface area contributed by atoms with Gasteiger partial charge in [-0.05, 0) is 33.8 Å². The van der Waals surface area contributed by atoms with Crippen molar-refractivity contribution < 1.29 is 0 Å². The average Bonchev–Trinajstić information content (AvgIpc) is 2.60. The Bertz CT molecular complexity index is 462. The van der Waals surface area contributed by atoms with Gasteiger partial charge in [-0.3, -0.25) is 0 Å². The van der Waals surface area contributed by atoms with Gasteiger partial charge in [-0.2, -0.15) is 0 Å². The summed E-state index contributed by atoms with van der Waals surface area (Å²) >= 11 is 10.7. The standard InChI is InChI=1S/C10H8Br2S2/c1-13-8-3-2-6(4-11)9-7(12)5-14-10(8)9/h2-3,5H,4H2,1H3. The van der Waals surface area contributed by atoms with Gasteiger partial charge in [0, 0.05) is 30.2 Å². The first-order valence-corrected chi connectivity index (χ1v) is 8.08. The van der Waals surface area contributed by atoms with E-state index in [2.05, 4.69) is 55.6 Å². The van der Waals surface area contributed by atoms with E-state index in [0.29, 0.717) is 0 Å². The minimum absolute atomic E-state index is 0.910. The molecule has 0 aliphatic heterocycles. The summed E-state index contributed by atoms with van der Waals surface area (Å²) in [5, 5.41) is 4.43. The molecule has 0 N–H and O–H groups in total. The van der Waals surface area contributed by atoms with E-state index in [9.17, 15) is 0 Å². The second-order valence-electron chi connectivity index (χ2n) is 2.85. The van der Waals surface area contributed by atoms with Crippen LogP contribution in [-0.4, -0.2) is 6.26 Å². The van der Waals surface area contributed by atoms with Gasteiger partial charge in [0.2, 0.25) is 0 Å². The Morgan fingerprint density at radius 3 is 2.86 bits per heavy atom. The first-order valence-electron chi connectivity index (χ1n) is 4.06. The van der Waals surface area contributed by atoms with Crippen molar-refractivity contribution in [2.24, 2.45) is 0 Å². The van der Waals surface area contributed by atoms with Crippen LogP contribution in [0.4, 0.5) is 0 Å². The zero-order valence-corrected chi connectivity index (χ0v) is 12.3. The molecule has 14 heavy (non-hydrogen) atoms. The van der Waals surface area contributed by atoms with Crippen molar-refractivity contribution in [1.82, 2.24) is 0 Å². The number of alkyl halides is 1. The van der Waals surface area contributed by atoms with Crippen LogP contribution in [0.5, 0.6) is 0 Å². The highest BCUT2D eigenvalue weighted by molar-refractivity contribution is 9.10. The molecule has 0 atom stereocenters. The van der Waals surface area contributed by atoms with Crippen LogP contribution in [0.1, 0.15) is 5.56 Å². The van der Waals surface area contributed by atoms with Gasteiger partial charge in [0.15, 0.2) is 0 Å². The third-order valence-corrected chi connectivity index (χ3v) is 5.55. The van der Waals surface area contributed by atoms with Crippen molar-refractivity contribution in [3.8, 4) is 0 Å². The minimum atomic E-state index is 0.910. The molecule has 2 aromatic rings. The predicted molar refractivity (Wildman–Crippen MR) is 73.9 cm³/mol. The van der Waals surface area contributed by atoms with Crippen molar-refractivity contribution in [3.63, 3.8) is 0 Å². The van der Waals surface area contributed by atoms with E-state index in [1.807, 2.05) is 0 Å². The summed E-state index contributed by atoms with van der Waals surface area (Å²) < 4.78 is 2.60. The lowest BCUT2D eigenvalue weighted by Crippen LogP contribution is -1.80. The van der Waals surface area contributed by atoms with Crippen molar-refractivity contribution in [2.45, 2.75) is 10.2 Å². The van der Waals surface area contributed by atoms with Crippen molar-refractivity contribution in [2.75, 3.05) is 6.26 Å². The molecule has 2 rings (SSSR count). The fourth-order valence-electron chi connectivity index (χ4n) is 1.42. The second-order valence-corrected chi connectivity index (χ2v) is 5.99. The number of hydrogen-bond acceptors (Lipinski definition) is 2. The number of thiophene rings is 1. The lowest BCUT2D eigenvalue weighted by atomic mass is 10.1. The maximum atomic E-state index is 3.60. The van der Waals surface area contributed by atoms with Crippen molar-refractivity contribution >= 4 is 65.0 Å². The lowest BCUT2D eigenvalue weighted by molar-refractivity contribution is 1.45. The molecule has 0 spiro atoms. The van der Waals surface area contributed by atoms with E-state index >= 15 is 0 Å². The molecule has 0 unspecified atom stereocenters. The third kappa shape index (κ3) is 1.77. The first kappa shape index (κ1) is 11.0. The Hall–Kier alpha value is 0.490. The molecule has 0 saturated carbocycles. The molecule has 0 bridgehead atoms. The van der Waals surface area contributed by atoms with Crippen LogP contribution in [0, 0.1) is 0 Å². The summed E-state index contributed by atoms with van der Waals surface area (Å²) in [5.41, 5.74) is 1.35. The Morgan fingerprint density at radius 2 is 2.21 bits per heavy atom. The smallest absolute Gasteiger partial charge is 0.0493 e. The number of thioether (sulfide) groups is 1. The summed E-state index contributed by atoms with van der Waals surface area (Å²) in [6, 6.07) is 4.40. The second kappa shape index (κ2) is 4.56. The zero-order chi connectivity index (χ0) is 10.1. The zero-order valence-electron chi connectivity index (χ0n) is 7.51. The van der Waals surface area contributed by atoms with Crippen LogP contribution >= 0.6 is 55.0 Å². The van der Waals surface area contributed by atoms with E-state index in [4.69, 9.17) is 0 Å². The van der Waals surface area contributed by atoms with Gasteiger partial charge in [0.25, 0.3) is 0 Å². The normalized spacial score (nSPS) is 11.1. The Labute approximate surface area is 108 Å². The Morgan fingerprint density at radius 1 is 1.43 bits per heavy atom. The number of fused-ring (bicyclic) bond motifs is 1. The minimum Gasteiger partial charge on any atom is -0.141 e. The SMILES string of the molecule is CSc1ccc(CBr)c2c(Br)csc12. The number of halogens is 2. The molecule has 1 heterocycles. The molecule has 74 valence electrons. The highest BCUT2D eigenvalue weighted by atomic mass is 79.9. The number of benzene rings is 1. The van der Waals surface area contributed by atoms with Gasteiger partial charge in [-0.1, -0.05) is 22.0 Å². The predicted octanol–water partition coefficient (Wildman–Crippen LogP) is 5.28. The van der Waals surface area contributed by atoms with Crippen LogP contribution in [0.15, 0.2) is 26.9 Å². The van der Waals surface area contributed by atoms with E-state index in [-0.39, 0.29) is 0 Å². The molecule has 0 aliphatic carbocycles. The van der Waals surface area contributed by atoms with Gasteiger partial charge < -0.3 is 0 Å². The Kier molecular flexibility index (Phi) is 3.58. The van der Waals surface area contributed by atoms with Crippen LogP contribution in [0.3, 0.4) is 0 Å². The molecule has 0 saturated heterocycles.